The van der Waals surface area contributed by atoms with E-state index in [0.29, 0.717) is 315 Å². The lowest BCUT2D eigenvalue weighted by molar-refractivity contribution is -0.126. The summed E-state index contributed by atoms with van der Waals surface area (Å²) in [6.45, 7) is 28.8. The highest BCUT2D eigenvalue weighted by Gasteiger charge is 2.38. The van der Waals surface area contributed by atoms with Gasteiger partial charge in [-0.05, 0) is 50.5 Å². The summed E-state index contributed by atoms with van der Waals surface area (Å²) in [7, 11) is 0. The van der Waals surface area contributed by atoms with Gasteiger partial charge in [0.1, 0.15) is 5.92 Å². The molecule has 27 nitrogen and oxygen atoms in total. The molecule has 1 aromatic carbocycles. The van der Waals surface area contributed by atoms with E-state index in [1.165, 1.54) is 68.9 Å². The molecule has 0 fully saturated rings. The second-order valence-electron chi connectivity index (χ2n) is 22.4. The third kappa shape index (κ3) is 62.0. The maximum Gasteiger partial charge on any atom is 0.264 e. The van der Waals surface area contributed by atoms with Crippen LogP contribution in [0.3, 0.4) is 0 Å². The molecular weight excluding hydrogens is 1290 g/mol. The molecule has 0 radical (unpaired) electrons. The summed E-state index contributed by atoms with van der Waals surface area (Å²) < 4.78 is 128. The Hall–Kier alpha value is -3.15. The van der Waals surface area contributed by atoms with Gasteiger partial charge >= 0.3 is 0 Å². The Morgan fingerprint density at radius 3 is 0.768 bits per heavy atom. The van der Waals surface area contributed by atoms with Crippen molar-refractivity contribution in [1.82, 2.24) is 0 Å². The number of nitrogens with zero attached hydrogens (tertiary/aromatic N) is 2. The van der Waals surface area contributed by atoms with Crippen molar-refractivity contribution in [1.29, 1.82) is 0 Å². The van der Waals surface area contributed by atoms with E-state index >= 15 is 0 Å². The van der Waals surface area contributed by atoms with E-state index in [0.717, 1.165) is 18.6 Å². The molecule has 0 N–H and O–H groups in total. The molecule has 1 aliphatic heterocycles. The van der Waals surface area contributed by atoms with E-state index in [1.54, 1.807) is 19.9 Å². The number of hydrogen-bond acceptors (Lipinski definition) is 26. The van der Waals surface area contributed by atoms with Crippen LogP contribution in [0.1, 0.15) is 90.5 Å². The lowest BCUT2D eigenvalue weighted by atomic mass is 9.98. The molecule has 0 saturated heterocycles. The van der Waals surface area contributed by atoms with Gasteiger partial charge in [-0.1, -0.05) is 82.9 Å². The van der Waals surface area contributed by atoms with Crippen molar-refractivity contribution in [2.45, 2.75) is 91.4 Å². The van der Waals surface area contributed by atoms with E-state index in [2.05, 4.69) is 12.0 Å². The van der Waals surface area contributed by atoms with E-state index in [-0.39, 0.29) is 11.7 Å². The van der Waals surface area contributed by atoms with Gasteiger partial charge in [-0.25, -0.2) is 0 Å². The minimum Gasteiger partial charge on any atom is -0.379 e. The second kappa shape index (κ2) is 76.0. The standard InChI is InChI=1S/C72H130N2O25/c1-4-6-7-8-9-10-11-12-13-14-21-77-23-25-79-27-29-81-31-33-83-35-37-85-39-41-87-43-45-89-47-49-91-51-53-93-55-57-95-59-61-97-63-65-99-66-64-98-62-60-96-58-56-94-54-52-92-50-48-90-46-44-88-42-40-86-38-36-84-34-32-82-30-28-80-26-24-78-22-20-68-16-18-69(19-17-68)74-72(76)71(67(3)73-74)70(75)15-5-2/h5,15-19,71H,4,6-14,20-66H2,1-3H3/b15-5+. The molecule has 0 aromatic heterocycles. The van der Waals surface area contributed by atoms with E-state index in [4.69, 9.17) is 109 Å². The summed E-state index contributed by atoms with van der Waals surface area (Å²) >= 11 is 0. The predicted molar refractivity (Wildman–Crippen MR) is 375 cm³/mol. The third-order valence-electron chi connectivity index (χ3n) is 14.3. The number of hydrazone groups is 1. The van der Waals surface area contributed by atoms with Gasteiger partial charge in [0.15, 0.2) is 5.78 Å². The zero-order chi connectivity index (χ0) is 70.6. The minimum absolute atomic E-state index is 0.258. The first-order valence-corrected chi connectivity index (χ1v) is 36.5. The Kier molecular flexibility index (Phi) is 70.6. The van der Waals surface area contributed by atoms with Crippen LogP contribution in [-0.2, 0) is 125 Å². The largest absolute Gasteiger partial charge is 0.379 e. The Morgan fingerprint density at radius 2 is 0.535 bits per heavy atom. The summed E-state index contributed by atoms with van der Waals surface area (Å²) in [6.07, 6.45) is 17.1. The Bertz CT molecular complexity index is 1920. The molecule has 1 aromatic rings. The van der Waals surface area contributed by atoms with Crippen molar-refractivity contribution >= 4 is 23.1 Å². The number of carbonyl (C=O) groups excluding carboxylic acids is 2. The number of allylic oxidation sites excluding steroid dienone is 2. The number of benzene rings is 1. The highest BCUT2D eigenvalue weighted by molar-refractivity contribution is 6.29. The molecule has 1 unspecified atom stereocenters. The average molecular weight is 1420 g/mol. The van der Waals surface area contributed by atoms with Crippen LogP contribution in [0.25, 0.3) is 0 Å². The summed E-state index contributed by atoms with van der Waals surface area (Å²) in [4.78, 5) is 25.1. The molecule has 1 aliphatic rings. The Balaban J connectivity index is 1.11. The molecule has 0 spiro atoms. The van der Waals surface area contributed by atoms with Crippen molar-refractivity contribution in [2.75, 3.05) is 309 Å². The average Bonchev–Trinajstić information content (AvgIpc) is 1.66. The number of carbonyl (C=O) groups is 2. The number of anilines is 1. The van der Waals surface area contributed by atoms with Crippen LogP contribution >= 0.6 is 0 Å². The molecule has 0 saturated carbocycles. The molecule has 1 amide bonds. The van der Waals surface area contributed by atoms with Crippen LogP contribution in [0.2, 0.25) is 0 Å². The van der Waals surface area contributed by atoms with Crippen LogP contribution in [0.15, 0.2) is 41.5 Å². The molecule has 1 heterocycles. The highest BCUT2D eigenvalue weighted by atomic mass is 16.6. The zero-order valence-electron chi connectivity index (χ0n) is 60.9. The normalized spacial score (nSPS) is 13.4. The van der Waals surface area contributed by atoms with Crippen molar-refractivity contribution in [3.05, 3.63) is 42.0 Å². The first-order valence-electron chi connectivity index (χ1n) is 36.5. The van der Waals surface area contributed by atoms with Gasteiger partial charge < -0.3 is 109 Å². The molecule has 0 aliphatic carbocycles. The van der Waals surface area contributed by atoms with Crippen molar-refractivity contribution in [2.24, 2.45) is 11.0 Å². The monoisotopic (exact) mass is 1420 g/mol. The van der Waals surface area contributed by atoms with Gasteiger partial charge in [-0.3, -0.25) is 9.59 Å². The van der Waals surface area contributed by atoms with Crippen LogP contribution in [0.4, 0.5) is 5.69 Å². The summed E-state index contributed by atoms with van der Waals surface area (Å²) in [5.74, 6) is -1.45. The maximum atomic E-state index is 12.8. The van der Waals surface area contributed by atoms with Crippen molar-refractivity contribution < 1.29 is 119 Å². The minimum atomic E-state index is -0.859. The molecule has 27 heteroatoms. The van der Waals surface area contributed by atoms with E-state index in [1.807, 2.05) is 24.3 Å². The van der Waals surface area contributed by atoms with Crippen molar-refractivity contribution in [3.8, 4) is 0 Å². The molecular formula is C72H130N2O25. The number of rotatable bonds is 83. The fraction of sp³-hybridized carbons (Fsp3) is 0.847. The molecule has 99 heavy (non-hydrogen) atoms. The quantitative estimate of drug-likeness (QED) is 0.0360. The number of ketones is 1. The van der Waals surface area contributed by atoms with Crippen LogP contribution in [-0.4, -0.2) is 321 Å². The Labute approximate surface area is 592 Å². The van der Waals surface area contributed by atoms with Crippen LogP contribution in [0.5, 0.6) is 0 Å². The fourth-order valence-electron chi connectivity index (χ4n) is 8.96. The fourth-order valence-corrected chi connectivity index (χ4v) is 8.96. The third-order valence-corrected chi connectivity index (χ3v) is 14.3. The van der Waals surface area contributed by atoms with Gasteiger partial charge in [-0.15, -0.1) is 0 Å². The molecule has 578 valence electrons. The highest BCUT2D eigenvalue weighted by Crippen LogP contribution is 2.25. The lowest BCUT2D eigenvalue weighted by Gasteiger charge is -2.14. The van der Waals surface area contributed by atoms with Gasteiger partial charge in [-0.2, -0.15) is 10.1 Å². The number of unbranched alkanes of at least 4 members (excludes halogenated alkanes) is 9. The summed E-state index contributed by atoms with van der Waals surface area (Å²) in [6, 6.07) is 7.52. The van der Waals surface area contributed by atoms with Gasteiger partial charge in [0.05, 0.1) is 309 Å². The van der Waals surface area contributed by atoms with Gasteiger partial charge in [0.2, 0.25) is 0 Å². The molecule has 0 bridgehead atoms. The predicted octanol–water partition coefficient (Wildman–Crippen LogP) is 7.02. The number of amides is 1. The SMILES string of the molecule is C/C=C/C(=O)C1C(=O)N(c2ccc(CCOCCOCCOCCOCCOCCOCCOCCOCCOCCOCCOCCOCCOCCOCCOCCOCCOCCOCCOCCOCCOCCOCCOCCCCCCCCCCCC)cc2)N=C1C. The van der Waals surface area contributed by atoms with Crippen LogP contribution < -0.4 is 5.01 Å². The molecule has 2 rings (SSSR count). The Morgan fingerprint density at radius 1 is 0.323 bits per heavy atom. The first kappa shape index (κ1) is 91.9. The van der Waals surface area contributed by atoms with Gasteiger partial charge in [0, 0.05) is 6.61 Å². The van der Waals surface area contributed by atoms with Crippen molar-refractivity contribution in [3.63, 3.8) is 0 Å². The second-order valence-corrected chi connectivity index (χ2v) is 22.4. The van der Waals surface area contributed by atoms with Gasteiger partial charge in [0.25, 0.3) is 5.91 Å². The maximum absolute atomic E-state index is 12.8. The van der Waals surface area contributed by atoms with E-state index < -0.39 is 5.92 Å². The van der Waals surface area contributed by atoms with E-state index in [9.17, 15) is 9.59 Å². The summed E-state index contributed by atoms with van der Waals surface area (Å²) in [5, 5.41) is 5.61. The summed E-state index contributed by atoms with van der Waals surface area (Å²) in [5.41, 5.74) is 2.18. The topological polar surface area (TPSA) is 262 Å². The number of hydrogen-bond donors (Lipinski definition) is 0. The van der Waals surface area contributed by atoms with Crippen LogP contribution in [0, 0.1) is 5.92 Å². The molecule has 1 atom stereocenters. The number of ether oxygens (including phenoxy) is 23. The lowest BCUT2D eigenvalue weighted by Crippen LogP contribution is -2.31. The first-order chi connectivity index (χ1) is 49.1. The smallest absolute Gasteiger partial charge is 0.264 e. The zero-order valence-corrected chi connectivity index (χ0v) is 60.9.